The number of benzene rings is 1. The van der Waals surface area contributed by atoms with Gasteiger partial charge in [-0.1, -0.05) is 43.5 Å². The van der Waals surface area contributed by atoms with Gasteiger partial charge in [0.1, 0.15) is 0 Å². The summed E-state index contributed by atoms with van der Waals surface area (Å²) in [7, 11) is 0. The van der Waals surface area contributed by atoms with Crippen LogP contribution >= 0.6 is 11.6 Å². The van der Waals surface area contributed by atoms with E-state index in [0.29, 0.717) is 0 Å². The van der Waals surface area contributed by atoms with Crippen molar-refractivity contribution in [1.82, 2.24) is 0 Å². The molecule has 0 aliphatic heterocycles. The van der Waals surface area contributed by atoms with E-state index in [1.165, 1.54) is 12.8 Å². The van der Waals surface area contributed by atoms with Gasteiger partial charge in [-0.3, -0.25) is 0 Å². The van der Waals surface area contributed by atoms with Gasteiger partial charge in [-0.15, -0.1) is 0 Å². The highest BCUT2D eigenvalue weighted by atomic mass is 35.5. The lowest BCUT2D eigenvalue weighted by Crippen LogP contribution is -2.10. The van der Waals surface area contributed by atoms with E-state index in [4.69, 9.17) is 16.3 Å². The van der Waals surface area contributed by atoms with Crippen LogP contribution < -0.4 is 5.32 Å². The monoisotopic (exact) mass is 241 g/mol. The van der Waals surface area contributed by atoms with Crippen LogP contribution in [0.15, 0.2) is 24.3 Å². The van der Waals surface area contributed by atoms with Gasteiger partial charge in [0.05, 0.1) is 17.3 Å². The van der Waals surface area contributed by atoms with Gasteiger partial charge in [-0.25, -0.2) is 0 Å². The number of nitrogens with one attached hydrogen (secondary N) is 1. The third kappa shape index (κ3) is 5.38. The first kappa shape index (κ1) is 13.3. The highest BCUT2D eigenvalue weighted by Gasteiger charge is 1.96. The average Bonchev–Trinajstić information content (AvgIpc) is 2.30. The van der Waals surface area contributed by atoms with E-state index in [1.807, 2.05) is 24.3 Å². The van der Waals surface area contributed by atoms with Crippen LogP contribution in [0.3, 0.4) is 0 Å². The van der Waals surface area contributed by atoms with Crippen molar-refractivity contribution in [3.8, 4) is 0 Å². The van der Waals surface area contributed by atoms with Crippen molar-refractivity contribution in [1.29, 1.82) is 0 Å². The van der Waals surface area contributed by atoms with Gasteiger partial charge in [0, 0.05) is 13.2 Å². The van der Waals surface area contributed by atoms with E-state index < -0.39 is 0 Å². The molecule has 3 heteroatoms. The van der Waals surface area contributed by atoms with Crippen LogP contribution in [0.2, 0.25) is 5.02 Å². The van der Waals surface area contributed by atoms with E-state index in [-0.39, 0.29) is 0 Å². The van der Waals surface area contributed by atoms with Crippen molar-refractivity contribution in [2.75, 3.05) is 25.1 Å². The molecule has 0 saturated carbocycles. The maximum absolute atomic E-state index is 6.00. The Balaban J connectivity index is 2.05. The fourth-order valence-corrected chi connectivity index (χ4v) is 1.62. The normalized spacial score (nSPS) is 10.4. The molecule has 0 saturated heterocycles. The molecule has 0 fully saturated rings. The van der Waals surface area contributed by atoms with Crippen molar-refractivity contribution in [2.45, 2.75) is 26.2 Å². The number of hydrogen-bond donors (Lipinski definition) is 1. The van der Waals surface area contributed by atoms with Crippen LogP contribution in [0.25, 0.3) is 0 Å². The van der Waals surface area contributed by atoms with Crippen LogP contribution in [0.5, 0.6) is 0 Å². The largest absolute Gasteiger partial charge is 0.382 e. The van der Waals surface area contributed by atoms with Crippen molar-refractivity contribution in [2.24, 2.45) is 0 Å². The number of unbranched alkanes of at least 4 members (excludes halogenated alkanes) is 2. The Labute approximate surface area is 103 Å². The molecule has 0 atom stereocenters. The Morgan fingerprint density at radius 2 is 2.00 bits per heavy atom. The first-order chi connectivity index (χ1) is 7.84. The molecule has 2 nitrogen and oxygen atoms in total. The van der Waals surface area contributed by atoms with Gasteiger partial charge in [0.15, 0.2) is 0 Å². The zero-order valence-electron chi connectivity index (χ0n) is 9.84. The Morgan fingerprint density at radius 3 is 2.75 bits per heavy atom. The Morgan fingerprint density at radius 1 is 1.19 bits per heavy atom. The van der Waals surface area contributed by atoms with Crippen molar-refractivity contribution < 1.29 is 4.74 Å². The highest BCUT2D eigenvalue weighted by Crippen LogP contribution is 2.19. The smallest absolute Gasteiger partial charge is 0.0639 e. The molecule has 1 rings (SSSR count). The summed E-state index contributed by atoms with van der Waals surface area (Å²) in [5.74, 6) is 0. The second-order valence-electron chi connectivity index (χ2n) is 3.73. The zero-order valence-corrected chi connectivity index (χ0v) is 10.6. The quantitative estimate of drug-likeness (QED) is 0.696. The van der Waals surface area contributed by atoms with Crippen LogP contribution in [0.1, 0.15) is 26.2 Å². The molecule has 0 spiro atoms. The minimum Gasteiger partial charge on any atom is -0.382 e. The van der Waals surface area contributed by atoms with Crippen LogP contribution in [0, 0.1) is 0 Å². The summed E-state index contributed by atoms with van der Waals surface area (Å²) in [5, 5.41) is 4.00. The maximum atomic E-state index is 6.00. The van der Waals surface area contributed by atoms with E-state index in [2.05, 4.69) is 12.2 Å². The third-order valence-electron chi connectivity index (χ3n) is 2.33. The minimum atomic E-state index is 0.731. The molecule has 0 aromatic heterocycles. The highest BCUT2D eigenvalue weighted by molar-refractivity contribution is 6.33. The molecule has 0 aliphatic carbocycles. The van der Waals surface area contributed by atoms with Gasteiger partial charge in [0.2, 0.25) is 0 Å². The first-order valence-electron chi connectivity index (χ1n) is 5.90. The van der Waals surface area contributed by atoms with Crippen molar-refractivity contribution in [3.63, 3.8) is 0 Å². The SMILES string of the molecule is CCCCCOCCNc1ccccc1Cl. The summed E-state index contributed by atoms with van der Waals surface area (Å²) in [4.78, 5) is 0. The second kappa shape index (κ2) is 8.43. The van der Waals surface area contributed by atoms with Gasteiger partial charge < -0.3 is 10.1 Å². The number of anilines is 1. The minimum absolute atomic E-state index is 0.731. The van der Waals surface area contributed by atoms with Gasteiger partial charge in [-0.05, 0) is 18.6 Å². The fourth-order valence-electron chi connectivity index (χ4n) is 1.42. The summed E-state index contributed by atoms with van der Waals surface area (Å²) in [6.07, 6.45) is 3.64. The van der Waals surface area contributed by atoms with Gasteiger partial charge in [-0.2, -0.15) is 0 Å². The number of para-hydroxylation sites is 1. The maximum Gasteiger partial charge on any atom is 0.0639 e. The molecular weight excluding hydrogens is 222 g/mol. The molecule has 90 valence electrons. The topological polar surface area (TPSA) is 21.3 Å². The molecule has 1 aromatic carbocycles. The van der Waals surface area contributed by atoms with Gasteiger partial charge in [0.25, 0.3) is 0 Å². The molecule has 0 bridgehead atoms. The Bertz CT molecular complexity index is 291. The van der Waals surface area contributed by atoms with Crippen LogP contribution in [0.4, 0.5) is 5.69 Å². The van der Waals surface area contributed by atoms with Crippen molar-refractivity contribution in [3.05, 3.63) is 29.3 Å². The molecule has 0 heterocycles. The van der Waals surface area contributed by atoms with Crippen molar-refractivity contribution >= 4 is 17.3 Å². The van der Waals surface area contributed by atoms with E-state index >= 15 is 0 Å². The number of halogens is 1. The lowest BCUT2D eigenvalue weighted by molar-refractivity contribution is 0.140. The zero-order chi connectivity index (χ0) is 11.6. The number of rotatable bonds is 8. The summed E-state index contributed by atoms with van der Waals surface area (Å²) >= 11 is 6.00. The average molecular weight is 242 g/mol. The number of ether oxygens (including phenoxy) is 1. The predicted molar refractivity (Wildman–Crippen MR) is 70.3 cm³/mol. The fraction of sp³-hybridized carbons (Fsp3) is 0.538. The Kier molecular flexibility index (Phi) is 7.02. The Hall–Kier alpha value is -0.730. The molecule has 1 N–H and O–H groups in total. The van der Waals surface area contributed by atoms with E-state index in [9.17, 15) is 0 Å². The standard InChI is InChI=1S/C13H20ClNO/c1-2-3-6-10-16-11-9-15-13-8-5-4-7-12(13)14/h4-5,7-8,15H,2-3,6,9-11H2,1H3. The first-order valence-corrected chi connectivity index (χ1v) is 6.28. The number of hydrogen-bond acceptors (Lipinski definition) is 2. The van der Waals surface area contributed by atoms with Crippen LogP contribution in [-0.2, 0) is 4.74 Å². The third-order valence-corrected chi connectivity index (χ3v) is 2.66. The molecule has 0 amide bonds. The predicted octanol–water partition coefficient (Wildman–Crippen LogP) is 3.96. The molecule has 1 aromatic rings. The molecular formula is C13H20ClNO. The molecule has 0 radical (unpaired) electrons. The van der Waals surface area contributed by atoms with E-state index in [0.717, 1.165) is 36.9 Å². The molecule has 0 unspecified atom stereocenters. The van der Waals surface area contributed by atoms with E-state index in [1.54, 1.807) is 0 Å². The van der Waals surface area contributed by atoms with Crippen LogP contribution in [-0.4, -0.2) is 19.8 Å². The van der Waals surface area contributed by atoms with Gasteiger partial charge >= 0.3 is 0 Å². The summed E-state index contributed by atoms with van der Waals surface area (Å²) in [6, 6.07) is 7.75. The summed E-state index contributed by atoms with van der Waals surface area (Å²) in [5.41, 5.74) is 0.973. The summed E-state index contributed by atoms with van der Waals surface area (Å²) in [6.45, 7) is 4.59. The lowest BCUT2D eigenvalue weighted by atomic mass is 10.3. The molecule has 0 aliphatic rings. The summed E-state index contributed by atoms with van der Waals surface area (Å²) < 4.78 is 5.49. The lowest BCUT2D eigenvalue weighted by Gasteiger charge is -2.08. The molecule has 16 heavy (non-hydrogen) atoms. The second-order valence-corrected chi connectivity index (χ2v) is 4.13.